The van der Waals surface area contributed by atoms with Crippen LogP contribution in [-0.4, -0.2) is 43.4 Å². The summed E-state index contributed by atoms with van der Waals surface area (Å²) in [4.78, 5) is 13.1. The minimum atomic E-state index is 0.310. The van der Waals surface area contributed by atoms with Gasteiger partial charge in [0.05, 0.1) is 0 Å². The van der Waals surface area contributed by atoms with Crippen LogP contribution in [0.3, 0.4) is 0 Å². The molecule has 1 aliphatic rings. The van der Waals surface area contributed by atoms with Crippen molar-refractivity contribution in [2.45, 2.75) is 19.8 Å². The minimum absolute atomic E-state index is 0.310. The number of nitrogens with zero attached hydrogens (tertiary/aromatic N) is 1. The van der Waals surface area contributed by atoms with E-state index in [2.05, 4.69) is 10.2 Å². The maximum absolute atomic E-state index is 10.7. The number of carbonyl (C=O) groups excluding carboxylic acids is 1. The van der Waals surface area contributed by atoms with E-state index in [1.54, 1.807) is 6.92 Å². The molecule has 0 atom stereocenters. The van der Waals surface area contributed by atoms with Gasteiger partial charge in [-0.15, -0.1) is 0 Å². The number of Topliss-reactive ketones (excluding diaryl/α,β-unsaturated/α-hetero) is 1. The summed E-state index contributed by atoms with van der Waals surface area (Å²) in [6, 6.07) is 0. The van der Waals surface area contributed by atoms with Crippen molar-refractivity contribution in [3.8, 4) is 0 Å². The van der Waals surface area contributed by atoms with Crippen molar-refractivity contribution in [2.24, 2.45) is 0 Å². The molecule has 3 heteroatoms. The molecule has 0 aliphatic carbocycles. The number of carbonyl (C=O) groups is 1. The largest absolute Gasteiger partial charge is 0.314 e. The second-order valence-electron chi connectivity index (χ2n) is 3.40. The molecule has 0 unspecified atom stereocenters. The van der Waals surface area contributed by atoms with Crippen molar-refractivity contribution in [2.75, 3.05) is 32.7 Å². The van der Waals surface area contributed by atoms with Crippen LogP contribution < -0.4 is 5.32 Å². The van der Waals surface area contributed by atoms with Crippen molar-refractivity contribution in [3.63, 3.8) is 0 Å². The third kappa shape index (κ3) is 3.83. The quantitative estimate of drug-likeness (QED) is 0.657. The molecule has 1 N–H and O–H groups in total. The molecule has 1 aliphatic heterocycles. The van der Waals surface area contributed by atoms with Gasteiger partial charge in [0, 0.05) is 32.6 Å². The maximum Gasteiger partial charge on any atom is 0.129 e. The predicted molar refractivity (Wildman–Crippen MR) is 49.2 cm³/mol. The zero-order valence-electron chi connectivity index (χ0n) is 7.81. The van der Waals surface area contributed by atoms with Crippen molar-refractivity contribution in [1.82, 2.24) is 10.2 Å². The molecule has 1 rings (SSSR count). The van der Waals surface area contributed by atoms with Crippen molar-refractivity contribution in [3.05, 3.63) is 0 Å². The molecule has 0 aromatic heterocycles. The Hall–Kier alpha value is -0.410. The fraction of sp³-hybridized carbons (Fsp3) is 0.889. The lowest BCUT2D eigenvalue weighted by Gasteiger charge is -2.26. The molecule has 0 aromatic rings. The first-order valence-corrected chi connectivity index (χ1v) is 4.71. The van der Waals surface area contributed by atoms with Crippen LogP contribution in [0.25, 0.3) is 0 Å². The highest BCUT2D eigenvalue weighted by atomic mass is 16.1. The lowest BCUT2D eigenvalue weighted by atomic mass is 10.2. The van der Waals surface area contributed by atoms with Gasteiger partial charge in [0.1, 0.15) is 5.78 Å². The summed E-state index contributed by atoms with van der Waals surface area (Å²) in [5.74, 6) is 0.310. The van der Waals surface area contributed by atoms with E-state index in [4.69, 9.17) is 0 Å². The fourth-order valence-corrected chi connectivity index (χ4v) is 1.49. The summed E-state index contributed by atoms with van der Waals surface area (Å²) in [5, 5.41) is 3.31. The van der Waals surface area contributed by atoms with Crippen LogP contribution in [0.2, 0.25) is 0 Å². The first kappa shape index (κ1) is 9.68. The molecule has 0 amide bonds. The molecule has 0 spiro atoms. The maximum atomic E-state index is 10.7. The van der Waals surface area contributed by atoms with Gasteiger partial charge in [-0.05, 0) is 19.9 Å². The van der Waals surface area contributed by atoms with Crippen LogP contribution in [0.5, 0.6) is 0 Å². The number of nitrogens with one attached hydrogen (secondary N) is 1. The molecule has 70 valence electrons. The van der Waals surface area contributed by atoms with Crippen molar-refractivity contribution < 1.29 is 4.79 Å². The molecule has 0 bridgehead atoms. The molecule has 0 saturated carbocycles. The number of ketones is 1. The van der Waals surface area contributed by atoms with E-state index in [9.17, 15) is 4.79 Å². The van der Waals surface area contributed by atoms with E-state index in [0.29, 0.717) is 5.78 Å². The highest BCUT2D eigenvalue weighted by molar-refractivity contribution is 5.75. The Morgan fingerprint density at radius 2 is 2.08 bits per heavy atom. The summed E-state index contributed by atoms with van der Waals surface area (Å²) in [7, 11) is 0. The lowest BCUT2D eigenvalue weighted by Crippen LogP contribution is -2.43. The second-order valence-corrected chi connectivity index (χ2v) is 3.40. The van der Waals surface area contributed by atoms with Gasteiger partial charge in [-0.1, -0.05) is 0 Å². The lowest BCUT2D eigenvalue weighted by molar-refractivity contribution is -0.117. The first-order chi connectivity index (χ1) is 5.79. The zero-order chi connectivity index (χ0) is 8.81. The average Bonchev–Trinajstić information content (AvgIpc) is 2.05. The average molecular weight is 170 g/mol. The summed E-state index contributed by atoms with van der Waals surface area (Å²) in [5.41, 5.74) is 0. The highest BCUT2D eigenvalue weighted by Crippen LogP contribution is 1.97. The Kier molecular flexibility index (Phi) is 4.25. The third-order valence-electron chi connectivity index (χ3n) is 2.21. The van der Waals surface area contributed by atoms with E-state index in [0.717, 1.165) is 45.6 Å². The van der Waals surface area contributed by atoms with Crippen LogP contribution >= 0.6 is 0 Å². The molecular weight excluding hydrogens is 152 g/mol. The Balaban J connectivity index is 2.01. The first-order valence-electron chi connectivity index (χ1n) is 4.71. The van der Waals surface area contributed by atoms with Gasteiger partial charge >= 0.3 is 0 Å². The Labute approximate surface area is 74.1 Å². The summed E-state index contributed by atoms with van der Waals surface area (Å²) < 4.78 is 0. The zero-order valence-corrected chi connectivity index (χ0v) is 7.81. The fourth-order valence-electron chi connectivity index (χ4n) is 1.49. The Morgan fingerprint density at radius 1 is 1.42 bits per heavy atom. The smallest absolute Gasteiger partial charge is 0.129 e. The van der Waals surface area contributed by atoms with E-state index in [-0.39, 0.29) is 0 Å². The third-order valence-corrected chi connectivity index (χ3v) is 2.21. The standard InChI is InChI=1S/C9H18N2O/c1-9(12)3-2-6-11-7-4-10-5-8-11/h10H,2-8H2,1H3. The van der Waals surface area contributed by atoms with Crippen LogP contribution in [0.15, 0.2) is 0 Å². The van der Waals surface area contributed by atoms with Gasteiger partial charge < -0.3 is 15.0 Å². The number of hydrogen-bond donors (Lipinski definition) is 1. The van der Waals surface area contributed by atoms with E-state index >= 15 is 0 Å². The van der Waals surface area contributed by atoms with E-state index < -0.39 is 0 Å². The highest BCUT2D eigenvalue weighted by Gasteiger charge is 2.08. The molecule has 3 nitrogen and oxygen atoms in total. The van der Waals surface area contributed by atoms with Gasteiger partial charge in [-0.3, -0.25) is 0 Å². The Bertz CT molecular complexity index is 141. The van der Waals surface area contributed by atoms with Gasteiger partial charge in [-0.2, -0.15) is 0 Å². The number of piperazine rings is 1. The van der Waals surface area contributed by atoms with Gasteiger partial charge in [0.2, 0.25) is 0 Å². The summed E-state index contributed by atoms with van der Waals surface area (Å²) in [6.07, 6.45) is 1.76. The summed E-state index contributed by atoms with van der Waals surface area (Å²) >= 11 is 0. The SMILES string of the molecule is CC(=O)CCCN1CCNCC1. The van der Waals surface area contributed by atoms with Gasteiger partial charge in [-0.25, -0.2) is 0 Å². The summed E-state index contributed by atoms with van der Waals surface area (Å²) in [6.45, 7) is 7.22. The van der Waals surface area contributed by atoms with Gasteiger partial charge in [0.15, 0.2) is 0 Å². The predicted octanol–water partition coefficient (Wildman–Crippen LogP) is 0.261. The van der Waals surface area contributed by atoms with Crippen LogP contribution in [0.4, 0.5) is 0 Å². The van der Waals surface area contributed by atoms with Crippen molar-refractivity contribution >= 4 is 5.78 Å². The molecule has 0 radical (unpaired) electrons. The second kappa shape index (κ2) is 5.27. The van der Waals surface area contributed by atoms with E-state index in [1.807, 2.05) is 0 Å². The van der Waals surface area contributed by atoms with E-state index in [1.165, 1.54) is 0 Å². The molecule has 1 saturated heterocycles. The van der Waals surface area contributed by atoms with Crippen LogP contribution in [-0.2, 0) is 4.79 Å². The normalized spacial score (nSPS) is 19.4. The van der Waals surface area contributed by atoms with Crippen LogP contribution in [0.1, 0.15) is 19.8 Å². The monoisotopic (exact) mass is 170 g/mol. The van der Waals surface area contributed by atoms with Gasteiger partial charge in [0.25, 0.3) is 0 Å². The number of rotatable bonds is 4. The number of hydrogen-bond acceptors (Lipinski definition) is 3. The van der Waals surface area contributed by atoms with Crippen LogP contribution in [0, 0.1) is 0 Å². The topological polar surface area (TPSA) is 32.3 Å². The molecule has 0 aromatic carbocycles. The van der Waals surface area contributed by atoms with Crippen molar-refractivity contribution in [1.29, 1.82) is 0 Å². The molecule has 12 heavy (non-hydrogen) atoms. The molecule has 1 fully saturated rings. The molecule has 1 heterocycles. The minimum Gasteiger partial charge on any atom is -0.314 e. The molecular formula is C9H18N2O. The Morgan fingerprint density at radius 3 is 2.67 bits per heavy atom.